The van der Waals surface area contributed by atoms with Gasteiger partial charge in [-0.15, -0.1) is 22.7 Å². The lowest BCUT2D eigenvalue weighted by Gasteiger charge is -2.26. The quantitative estimate of drug-likeness (QED) is 0.188. The van der Waals surface area contributed by atoms with Crippen LogP contribution in [-0.4, -0.2) is 0 Å². The Morgan fingerprint density at radius 1 is 0.333 bits per heavy atom. The lowest BCUT2D eigenvalue weighted by Crippen LogP contribution is -2.10. The van der Waals surface area contributed by atoms with Gasteiger partial charge in [-0.05, 0) is 59.7 Å². The molecule has 2 aromatic heterocycles. The maximum atomic E-state index is 2.41. The fraction of sp³-hybridized carbons (Fsp3) is 0. The van der Waals surface area contributed by atoms with E-state index in [1.54, 1.807) is 0 Å². The lowest BCUT2D eigenvalue weighted by molar-refractivity contribution is 1.29. The van der Waals surface area contributed by atoms with Gasteiger partial charge in [0.05, 0.1) is 0 Å². The number of para-hydroxylation sites is 1. The predicted octanol–water partition coefficient (Wildman–Crippen LogP) is 13.2. The molecule has 0 saturated heterocycles. The highest BCUT2D eigenvalue weighted by molar-refractivity contribution is 7.27. The Hall–Kier alpha value is -5.22. The Balaban J connectivity index is 1.31. The summed E-state index contributed by atoms with van der Waals surface area (Å²) >= 11 is 3.79. The molecule has 0 aliphatic carbocycles. The Morgan fingerprint density at radius 2 is 0.867 bits per heavy atom. The van der Waals surface area contributed by atoms with E-state index in [9.17, 15) is 0 Å². The minimum Gasteiger partial charge on any atom is -0.310 e. The highest BCUT2D eigenvalue weighted by atomic mass is 32.1. The van der Waals surface area contributed by atoms with E-state index in [4.69, 9.17) is 0 Å². The van der Waals surface area contributed by atoms with Crippen molar-refractivity contribution >= 4 is 80.1 Å². The molecular weight excluding hydrogens is 583 g/mol. The number of rotatable bonds is 5. The van der Waals surface area contributed by atoms with Crippen LogP contribution in [0.5, 0.6) is 0 Å². The number of hydrogen-bond donors (Lipinski definition) is 0. The summed E-state index contributed by atoms with van der Waals surface area (Å²) < 4.78 is 5.31. The van der Waals surface area contributed by atoms with Gasteiger partial charge in [-0.25, -0.2) is 0 Å². The highest BCUT2D eigenvalue weighted by Crippen LogP contribution is 2.48. The molecule has 0 N–H and O–H groups in total. The van der Waals surface area contributed by atoms with Gasteiger partial charge < -0.3 is 4.90 Å². The van der Waals surface area contributed by atoms with Gasteiger partial charge in [0.2, 0.25) is 0 Å². The Morgan fingerprint density at radius 3 is 1.58 bits per heavy atom. The largest absolute Gasteiger partial charge is 0.310 e. The van der Waals surface area contributed by atoms with Gasteiger partial charge >= 0.3 is 0 Å². The van der Waals surface area contributed by atoms with E-state index in [1.165, 1.54) is 62.6 Å². The van der Waals surface area contributed by atoms with Crippen molar-refractivity contribution in [2.45, 2.75) is 0 Å². The maximum Gasteiger partial charge on any atom is 0.0475 e. The van der Waals surface area contributed by atoms with Crippen molar-refractivity contribution < 1.29 is 0 Å². The first-order chi connectivity index (χ1) is 22.3. The second-order valence-corrected chi connectivity index (χ2v) is 13.4. The number of thiophene rings is 2. The van der Waals surface area contributed by atoms with Gasteiger partial charge in [0, 0.05) is 68.5 Å². The second-order valence-electron chi connectivity index (χ2n) is 11.3. The molecule has 212 valence electrons. The van der Waals surface area contributed by atoms with Gasteiger partial charge in [0.1, 0.15) is 0 Å². The van der Waals surface area contributed by atoms with Crippen molar-refractivity contribution in [3.8, 4) is 22.3 Å². The Kier molecular flexibility index (Phi) is 6.26. The van der Waals surface area contributed by atoms with Crippen molar-refractivity contribution in [2.75, 3.05) is 4.90 Å². The van der Waals surface area contributed by atoms with Crippen LogP contribution in [0.4, 0.5) is 17.1 Å². The predicted molar refractivity (Wildman–Crippen MR) is 198 cm³/mol. The van der Waals surface area contributed by atoms with Gasteiger partial charge in [-0.3, -0.25) is 0 Å². The molecule has 0 unspecified atom stereocenters. The van der Waals surface area contributed by atoms with Crippen LogP contribution in [0.15, 0.2) is 164 Å². The first-order valence-electron chi connectivity index (χ1n) is 15.2. The van der Waals surface area contributed by atoms with Crippen LogP contribution in [0, 0.1) is 0 Å². The number of benzene rings is 7. The lowest BCUT2D eigenvalue weighted by atomic mass is 9.98. The van der Waals surface area contributed by atoms with Crippen molar-refractivity contribution in [3.63, 3.8) is 0 Å². The molecule has 1 nitrogen and oxygen atoms in total. The summed E-state index contributed by atoms with van der Waals surface area (Å²) in [6.07, 6.45) is 0. The summed E-state index contributed by atoms with van der Waals surface area (Å²) in [5.41, 5.74) is 8.42. The zero-order valence-electron chi connectivity index (χ0n) is 24.4. The molecule has 0 aliphatic rings. The molecule has 0 radical (unpaired) electrons. The van der Waals surface area contributed by atoms with E-state index >= 15 is 0 Å². The van der Waals surface area contributed by atoms with E-state index in [1.807, 2.05) is 22.7 Å². The van der Waals surface area contributed by atoms with Crippen LogP contribution in [-0.2, 0) is 0 Å². The van der Waals surface area contributed by atoms with Crippen molar-refractivity contribution in [1.29, 1.82) is 0 Å². The van der Waals surface area contributed by atoms with Crippen LogP contribution < -0.4 is 4.90 Å². The molecule has 2 heterocycles. The molecule has 0 spiro atoms. The molecule has 0 fully saturated rings. The molecule has 45 heavy (non-hydrogen) atoms. The molecule has 0 saturated carbocycles. The summed E-state index contributed by atoms with van der Waals surface area (Å²) in [5.74, 6) is 0. The van der Waals surface area contributed by atoms with Gasteiger partial charge in [-0.2, -0.15) is 0 Å². The number of fused-ring (bicyclic) bond motifs is 6. The minimum atomic E-state index is 1.13. The van der Waals surface area contributed by atoms with Gasteiger partial charge in [0.25, 0.3) is 0 Å². The minimum absolute atomic E-state index is 1.13. The summed E-state index contributed by atoms with van der Waals surface area (Å²) in [6.45, 7) is 0. The fourth-order valence-corrected chi connectivity index (χ4v) is 9.00. The fourth-order valence-electron chi connectivity index (χ4n) is 6.56. The molecule has 9 rings (SSSR count). The van der Waals surface area contributed by atoms with E-state index < -0.39 is 0 Å². The van der Waals surface area contributed by atoms with Crippen LogP contribution in [0.2, 0.25) is 0 Å². The van der Waals surface area contributed by atoms with Crippen LogP contribution in [0.3, 0.4) is 0 Å². The first-order valence-corrected chi connectivity index (χ1v) is 16.8. The van der Waals surface area contributed by atoms with E-state index in [0.29, 0.717) is 0 Å². The monoisotopic (exact) mass is 609 g/mol. The van der Waals surface area contributed by atoms with Crippen LogP contribution in [0.25, 0.3) is 62.6 Å². The van der Waals surface area contributed by atoms with Gasteiger partial charge in [-0.1, -0.05) is 115 Å². The van der Waals surface area contributed by atoms with Crippen molar-refractivity contribution in [2.24, 2.45) is 0 Å². The highest BCUT2D eigenvalue weighted by Gasteiger charge is 2.20. The smallest absolute Gasteiger partial charge is 0.0475 e. The summed E-state index contributed by atoms with van der Waals surface area (Å²) in [6, 6.07) is 59.5. The summed E-state index contributed by atoms with van der Waals surface area (Å²) in [4.78, 5) is 2.40. The number of hydrogen-bond acceptors (Lipinski definition) is 3. The SMILES string of the molecule is c1ccc(-c2ccc(N(c3ccccc3)c3cc(-c4cccc5c4sc4ccccc45)c4sc5ccccc5c4c3)cc2)cc1. The van der Waals surface area contributed by atoms with E-state index in [0.717, 1.165) is 17.1 Å². The molecular formula is C42H27NS2. The van der Waals surface area contributed by atoms with Crippen LogP contribution >= 0.6 is 22.7 Å². The molecule has 0 atom stereocenters. The molecule has 3 heteroatoms. The Bertz CT molecular complexity index is 2470. The summed E-state index contributed by atoms with van der Waals surface area (Å²) in [5, 5.41) is 5.25. The third kappa shape index (κ3) is 4.43. The zero-order chi connectivity index (χ0) is 29.7. The van der Waals surface area contributed by atoms with Crippen molar-refractivity contribution in [3.05, 3.63) is 164 Å². The molecule has 7 aromatic carbocycles. The van der Waals surface area contributed by atoms with E-state index in [-0.39, 0.29) is 0 Å². The normalized spacial score (nSPS) is 11.6. The zero-order valence-corrected chi connectivity index (χ0v) is 26.0. The second kappa shape index (κ2) is 10.7. The molecule has 0 aliphatic heterocycles. The van der Waals surface area contributed by atoms with Gasteiger partial charge in [0.15, 0.2) is 0 Å². The topological polar surface area (TPSA) is 3.24 Å². The first kappa shape index (κ1) is 26.2. The molecule has 9 aromatic rings. The van der Waals surface area contributed by atoms with Crippen LogP contribution in [0.1, 0.15) is 0 Å². The third-order valence-corrected chi connectivity index (χ3v) is 11.1. The standard InChI is InChI=1S/C42H27NS2/c1-3-12-28(13-4-1)29-22-24-31(25-23-29)43(30-14-5-2-6-15-30)32-26-37-34-17-8-10-21-40(34)45-42(37)38(27-32)36-19-11-18-35-33-16-7-9-20-39(33)44-41(35)36/h1-27H. The summed E-state index contributed by atoms with van der Waals surface area (Å²) in [7, 11) is 0. The van der Waals surface area contributed by atoms with Crippen molar-refractivity contribution in [1.82, 2.24) is 0 Å². The average Bonchev–Trinajstić information content (AvgIpc) is 3.68. The third-order valence-electron chi connectivity index (χ3n) is 8.66. The maximum absolute atomic E-state index is 2.41. The average molecular weight is 610 g/mol. The van der Waals surface area contributed by atoms with E-state index in [2.05, 4.69) is 169 Å². The molecule has 0 amide bonds. The number of nitrogens with zero attached hydrogens (tertiary/aromatic N) is 1. The number of anilines is 3. The molecule has 0 bridgehead atoms. The Labute approximate surface area is 269 Å².